The minimum Gasteiger partial charge on any atom is -0.383 e. The molecule has 5 nitrogen and oxygen atoms in total. The van der Waals surface area contributed by atoms with Crippen molar-refractivity contribution in [3.8, 4) is 0 Å². The molecule has 2 aromatic rings. The summed E-state index contributed by atoms with van der Waals surface area (Å²) in [4.78, 5) is 24.5. The van der Waals surface area contributed by atoms with Crippen LogP contribution in [0.2, 0.25) is 0 Å². The first kappa shape index (κ1) is 17.7. The van der Waals surface area contributed by atoms with E-state index in [9.17, 15) is 9.59 Å². The molecule has 126 valence electrons. The fourth-order valence-corrected chi connectivity index (χ4v) is 2.24. The van der Waals surface area contributed by atoms with E-state index in [0.29, 0.717) is 24.3 Å². The SMILES string of the molecule is COCCNC(=O)c1cccc(C(=O)Nc2cc(C)ccc2C)c1. The number of carbonyl (C=O) groups is 2. The highest BCUT2D eigenvalue weighted by Gasteiger charge is 2.11. The molecule has 5 heteroatoms. The van der Waals surface area contributed by atoms with Crippen molar-refractivity contribution in [2.24, 2.45) is 0 Å². The number of anilines is 1. The molecule has 2 amide bonds. The molecule has 2 rings (SSSR count). The van der Waals surface area contributed by atoms with Crippen molar-refractivity contribution < 1.29 is 14.3 Å². The molecule has 0 spiro atoms. The van der Waals surface area contributed by atoms with Crippen LogP contribution in [0.4, 0.5) is 5.69 Å². The van der Waals surface area contributed by atoms with E-state index < -0.39 is 0 Å². The Morgan fingerprint density at radius 1 is 1.00 bits per heavy atom. The molecule has 0 saturated carbocycles. The summed E-state index contributed by atoms with van der Waals surface area (Å²) in [6, 6.07) is 12.5. The lowest BCUT2D eigenvalue weighted by molar-refractivity contribution is 0.0937. The van der Waals surface area contributed by atoms with Crippen LogP contribution in [-0.4, -0.2) is 32.1 Å². The van der Waals surface area contributed by atoms with E-state index in [-0.39, 0.29) is 11.8 Å². The Kier molecular flexibility index (Phi) is 6.09. The lowest BCUT2D eigenvalue weighted by Crippen LogP contribution is -2.27. The number of benzene rings is 2. The van der Waals surface area contributed by atoms with Gasteiger partial charge in [0.25, 0.3) is 11.8 Å². The van der Waals surface area contributed by atoms with Gasteiger partial charge in [-0.15, -0.1) is 0 Å². The summed E-state index contributed by atoms with van der Waals surface area (Å²) in [5.41, 5.74) is 3.72. The summed E-state index contributed by atoms with van der Waals surface area (Å²) in [6.45, 7) is 4.78. The van der Waals surface area contributed by atoms with Crippen LogP contribution in [0, 0.1) is 13.8 Å². The Labute approximate surface area is 142 Å². The molecule has 0 heterocycles. The second-order valence-electron chi connectivity index (χ2n) is 5.60. The second kappa shape index (κ2) is 8.26. The second-order valence-corrected chi connectivity index (χ2v) is 5.60. The van der Waals surface area contributed by atoms with Crippen molar-refractivity contribution in [2.75, 3.05) is 25.6 Å². The van der Waals surface area contributed by atoms with Crippen molar-refractivity contribution in [3.63, 3.8) is 0 Å². The molecule has 0 bridgehead atoms. The van der Waals surface area contributed by atoms with Gasteiger partial charge >= 0.3 is 0 Å². The number of nitrogens with one attached hydrogen (secondary N) is 2. The predicted molar refractivity (Wildman–Crippen MR) is 94.5 cm³/mol. The van der Waals surface area contributed by atoms with Crippen LogP contribution in [0.25, 0.3) is 0 Å². The number of amides is 2. The third-order valence-corrected chi connectivity index (χ3v) is 3.62. The number of carbonyl (C=O) groups excluding carboxylic acids is 2. The first-order chi connectivity index (χ1) is 11.5. The predicted octanol–water partition coefficient (Wildman–Crippen LogP) is 2.93. The van der Waals surface area contributed by atoms with E-state index in [4.69, 9.17) is 4.74 Å². The molecule has 0 aliphatic heterocycles. The lowest BCUT2D eigenvalue weighted by atomic mass is 10.1. The number of rotatable bonds is 6. The zero-order valence-corrected chi connectivity index (χ0v) is 14.2. The summed E-state index contributed by atoms with van der Waals surface area (Å²) < 4.78 is 4.90. The summed E-state index contributed by atoms with van der Waals surface area (Å²) in [7, 11) is 1.57. The van der Waals surface area contributed by atoms with E-state index in [0.717, 1.165) is 16.8 Å². The number of methoxy groups -OCH3 is 1. The zero-order chi connectivity index (χ0) is 17.5. The molecule has 0 radical (unpaired) electrons. The largest absolute Gasteiger partial charge is 0.383 e. The van der Waals surface area contributed by atoms with E-state index in [1.807, 2.05) is 32.0 Å². The van der Waals surface area contributed by atoms with Gasteiger partial charge in [0.2, 0.25) is 0 Å². The number of hydrogen-bond acceptors (Lipinski definition) is 3. The van der Waals surface area contributed by atoms with E-state index in [1.165, 1.54) is 0 Å². The molecule has 0 unspecified atom stereocenters. The van der Waals surface area contributed by atoms with Crippen molar-refractivity contribution in [1.29, 1.82) is 0 Å². The summed E-state index contributed by atoms with van der Waals surface area (Å²) in [5.74, 6) is -0.469. The first-order valence-corrected chi connectivity index (χ1v) is 7.77. The maximum atomic E-state index is 12.4. The minimum atomic E-state index is -0.241. The quantitative estimate of drug-likeness (QED) is 0.802. The summed E-state index contributed by atoms with van der Waals surface area (Å²) in [6.07, 6.45) is 0. The molecule has 0 aliphatic carbocycles. The van der Waals surface area contributed by atoms with Crippen LogP contribution in [0.3, 0.4) is 0 Å². The first-order valence-electron chi connectivity index (χ1n) is 7.77. The van der Waals surface area contributed by atoms with E-state index in [1.54, 1.807) is 31.4 Å². The average Bonchev–Trinajstić information content (AvgIpc) is 2.58. The Morgan fingerprint density at radius 3 is 2.42 bits per heavy atom. The van der Waals surface area contributed by atoms with Crippen LogP contribution < -0.4 is 10.6 Å². The molecule has 2 N–H and O–H groups in total. The molecule has 2 aromatic carbocycles. The Balaban J connectivity index is 2.11. The van der Waals surface area contributed by atoms with Gasteiger partial charge in [0.1, 0.15) is 0 Å². The molecular weight excluding hydrogens is 304 g/mol. The highest BCUT2D eigenvalue weighted by atomic mass is 16.5. The van der Waals surface area contributed by atoms with Crippen molar-refractivity contribution >= 4 is 17.5 Å². The minimum absolute atomic E-state index is 0.228. The monoisotopic (exact) mass is 326 g/mol. The molecular formula is C19H22N2O3. The molecule has 0 fully saturated rings. The van der Waals surface area contributed by atoms with Gasteiger partial charge in [-0.2, -0.15) is 0 Å². The molecule has 24 heavy (non-hydrogen) atoms. The Morgan fingerprint density at radius 2 is 1.71 bits per heavy atom. The van der Waals surface area contributed by atoms with Gasteiger partial charge < -0.3 is 15.4 Å². The fourth-order valence-electron chi connectivity index (χ4n) is 2.24. The normalized spacial score (nSPS) is 10.3. The average molecular weight is 326 g/mol. The van der Waals surface area contributed by atoms with E-state index >= 15 is 0 Å². The lowest BCUT2D eigenvalue weighted by Gasteiger charge is -2.10. The fraction of sp³-hybridized carbons (Fsp3) is 0.263. The maximum absolute atomic E-state index is 12.4. The van der Waals surface area contributed by atoms with Gasteiger partial charge in [-0.1, -0.05) is 18.2 Å². The summed E-state index contributed by atoms with van der Waals surface area (Å²) in [5, 5.41) is 5.63. The van der Waals surface area contributed by atoms with Crippen LogP contribution in [0.5, 0.6) is 0 Å². The third-order valence-electron chi connectivity index (χ3n) is 3.62. The topological polar surface area (TPSA) is 67.4 Å². The Bertz CT molecular complexity index is 741. The number of aryl methyl sites for hydroxylation is 2. The van der Waals surface area contributed by atoms with Crippen LogP contribution >= 0.6 is 0 Å². The molecule has 0 aromatic heterocycles. The highest BCUT2D eigenvalue weighted by Crippen LogP contribution is 2.17. The Hall–Kier alpha value is -2.66. The van der Waals surface area contributed by atoms with Gasteiger partial charge in [-0.25, -0.2) is 0 Å². The van der Waals surface area contributed by atoms with Crippen molar-refractivity contribution in [3.05, 3.63) is 64.7 Å². The van der Waals surface area contributed by atoms with Gasteiger partial charge in [0.15, 0.2) is 0 Å². The van der Waals surface area contributed by atoms with Crippen molar-refractivity contribution in [2.45, 2.75) is 13.8 Å². The highest BCUT2D eigenvalue weighted by molar-refractivity contribution is 6.06. The van der Waals surface area contributed by atoms with Crippen molar-refractivity contribution in [1.82, 2.24) is 5.32 Å². The van der Waals surface area contributed by atoms with Gasteiger partial charge in [0, 0.05) is 30.5 Å². The van der Waals surface area contributed by atoms with Gasteiger partial charge in [0.05, 0.1) is 6.61 Å². The third kappa shape index (κ3) is 4.67. The van der Waals surface area contributed by atoms with Crippen LogP contribution in [0.15, 0.2) is 42.5 Å². The van der Waals surface area contributed by atoms with Gasteiger partial charge in [-0.3, -0.25) is 9.59 Å². The maximum Gasteiger partial charge on any atom is 0.255 e. The zero-order valence-electron chi connectivity index (χ0n) is 14.2. The standard InChI is InChI=1S/C19H22N2O3/c1-13-7-8-14(2)17(11-13)21-19(23)16-6-4-5-15(12-16)18(22)20-9-10-24-3/h4-8,11-12H,9-10H2,1-3H3,(H,20,22)(H,21,23). The van der Waals surface area contributed by atoms with E-state index in [2.05, 4.69) is 10.6 Å². The molecule has 0 saturated heterocycles. The molecule has 0 atom stereocenters. The van der Waals surface area contributed by atoms with Gasteiger partial charge in [-0.05, 0) is 49.2 Å². The summed E-state index contributed by atoms with van der Waals surface area (Å²) >= 11 is 0. The number of ether oxygens (including phenoxy) is 1. The number of hydrogen-bond donors (Lipinski definition) is 2. The smallest absolute Gasteiger partial charge is 0.255 e. The molecule has 0 aliphatic rings. The van der Waals surface area contributed by atoms with Crippen LogP contribution in [-0.2, 0) is 4.74 Å². The van der Waals surface area contributed by atoms with Crippen LogP contribution in [0.1, 0.15) is 31.8 Å².